The molecule has 1 amide bonds. The molecule has 0 saturated carbocycles. The molecule has 2 rings (SSSR count). The summed E-state index contributed by atoms with van der Waals surface area (Å²) in [6.45, 7) is 0. The molecule has 0 heterocycles. The van der Waals surface area contributed by atoms with Gasteiger partial charge in [-0.3, -0.25) is 9.62 Å². The van der Waals surface area contributed by atoms with Crippen LogP contribution in [0.15, 0.2) is 53.9 Å². The molecule has 0 aliphatic heterocycles. The van der Waals surface area contributed by atoms with Gasteiger partial charge < -0.3 is 4.74 Å². The number of anilines is 2. The van der Waals surface area contributed by atoms with Crippen LogP contribution in [0.4, 0.5) is 16.2 Å². The Balaban J connectivity index is 2.07. The topological polar surface area (TPSA) is 75.7 Å². The SMILES string of the molecule is COC(=O)N(C)c1ccc(NS(=O)(=O)/C=C/c2ccc(Cl)cc2)cc1. The Bertz CT molecular complexity index is 863. The number of nitrogens with one attached hydrogen (secondary N) is 1. The first-order valence-electron chi connectivity index (χ1n) is 7.19. The van der Waals surface area contributed by atoms with Gasteiger partial charge in [0.15, 0.2) is 0 Å². The molecule has 25 heavy (non-hydrogen) atoms. The minimum Gasteiger partial charge on any atom is -0.452 e. The van der Waals surface area contributed by atoms with E-state index in [-0.39, 0.29) is 0 Å². The van der Waals surface area contributed by atoms with Crippen molar-refractivity contribution in [2.45, 2.75) is 0 Å². The fourth-order valence-corrected chi connectivity index (χ4v) is 2.93. The maximum Gasteiger partial charge on any atom is 0.413 e. The van der Waals surface area contributed by atoms with E-state index in [4.69, 9.17) is 11.6 Å². The summed E-state index contributed by atoms with van der Waals surface area (Å²) in [5.74, 6) is 0. The summed E-state index contributed by atoms with van der Waals surface area (Å²) in [6, 6.07) is 13.1. The monoisotopic (exact) mass is 380 g/mol. The van der Waals surface area contributed by atoms with E-state index in [1.165, 1.54) is 18.1 Å². The van der Waals surface area contributed by atoms with Crippen molar-refractivity contribution in [3.8, 4) is 0 Å². The summed E-state index contributed by atoms with van der Waals surface area (Å²) in [7, 11) is -0.824. The van der Waals surface area contributed by atoms with E-state index in [1.54, 1.807) is 55.6 Å². The fourth-order valence-electron chi connectivity index (χ4n) is 1.94. The number of carbonyl (C=O) groups is 1. The zero-order valence-corrected chi connectivity index (χ0v) is 15.2. The number of rotatable bonds is 5. The van der Waals surface area contributed by atoms with Crippen LogP contribution in [0.1, 0.15) is 5.56 Å². The lowest BCUT2D eigenvalue weighted by molar-refractivity contribution is 0.180. The number of amides is 1. The molecule has 0 atom stereocenters. The van der Waals surface area contributed by atoms with Gasteiger partial charge in [0.1, 0.15) is 0 Å². The molecule has 2 aromatic rings. The first-order valence-corrected chi connectivity index (χ1v) is 9.11. The van der Waals surface area contributed by atoms with Crippen molar-refractivity contribution >= 4 is 45.2 Å². The molecule has 0 aliphatic rings. The first-order chi connectivity index (χ1) is 11.8. The molecule has 0 radical (unpaired) electrons. The molecule has 132 valence electrons. The lowest BCUT2D eigenvalue weighted by Crippen LogP contribution is -2.25. The third-order valence-corrected chi connectivity index (χ3v) is 4.54. The smallest absolute Gasteiger partial charge is 0.413 e. The standard InChI is InChI=1S/C17H17ClN2O4S/c1-20(17(21)24-2)16-9-7-15(8-10-16)19-25(22,23)12-11-13-3-5-14(18)6-4-13/h3-12,19H,1-2H3/b12-11+. The van der Waals surface area contributed by atoms with Gasteiger partial charge >= 0.3 is 6.09 Å². The molecule has 6 nitrogen and oxygen atoms in total. The third kappa shape index (κ3) is 5.51. The summed E-state index contributed by atoms with van der Waals surface area (Å²) in [5.41, 5.74) is 1.67. The number of carbonyl (C=O) groups excluding carboxylic acids is 1. The zero-order valence-electron chi connectivity index (χ0n) is 13.6. The van der Waals surface area contributed by atoms with Crippen LogP contribution >= 0.6 is 11.6 Å². The highest BCUT2D eigenvalue weighted by Gasteiger charge is 2.11. The number of methoxy groups -OCH3 is 1. The summed E-state index contributed by atoms with van der Waals surface area (Å²) in [5, 5.41) is 1.65. The van der Waals surface area contributed by atoms with Crippen LogP contribution in [-0.4, -0.2) is 28.7 Å². The third-order valence-electron chi connectivity index (χ3n) is 3.27. The molecule has 8 heteroatoms. The van der Waals surface area contributed by atoms with Crippen LogP contribution in [0.5, 0.6) is 0 Å². The summed E-state index contributed by atoms with van der Waals surface area (Å²) in [4.78, 5) is 12.7. The molecule has 0 aliphatic carbocycles. The Morgan fingerprint density at radius 3 is 2.28 bits per heavy atom. The largest absolute Gasteiger partial charge is 0.452 e. The molecule has 0 unspecified atom stereocenters. The van der Waals surface area contributed by atoms with E-state index in [1.807, 2.05) is 0 Å². The highest BCUT2D eigenvalue weighted by Crippen LogP contribution is 2.19. The van der Waals surface area contributed by atoms with Crippen LogP contribution in [0.25, 0.3) is 6.08 Å². The molecule has 0 aromatic heterocycles. The van der Waals surface area contributed by atoms with Crippen LogP contribution in [-0.2, 0) is 14.8 Å². The minimum atomic E-state index is -3.67. The van der Waals surface area contributed by atoms with E-state index in [0.29, 0.717) is 22.0 Å². The summed E-state index contributed by atoms with van der Waals surface area (Å²) < 4.78 is 31.3. The van der Waals surface area contributed by atoms with Crippen LogP contribution in [0.3, 0.4) is 0 Å². The van der Waals surface area contributed by atoms with E-state index in [9.17, 15) is 13.2 Å². The summed E-state index contributed by atoms with van der Waals surface area (Å²) in [6.07, 6.45) is 0.956. The Labute approximate surface area is 151 Å². The average molecular weight is 381 g/mol. The van der Waals surface area contributed by atoms with Crippen molar-refractivity contribution in [2.75, 3.05) is 23.8 Å². The van der Waals surface area contributed by atoms with Gasteiger partial charge in [0.05, 0.1) is 12.5 Å². The number of sulfonamides is 1. The van der Waals surface area contributed by atoms with Crippen molar-refractivity contribution in [2.24, 2.45) is 0 Å². The molecule has 1 N–H and O–H groups in total. The van der Waals surface area contributed by atoms with Crippen molar-refractivity contribution in [3.05, 3.63) is 64.5 Å². The number of hydrogen-bond donors (Lipinski definition) is 1. The second-order valence-electron chi connectivity index (χ2n) is 5.08. The summed E-state index contributed by atoms with van der Waals surface area (Å²) >= 11 is 5.79. The second-order valence-corrected chi connectivity index (χ2v) is 7.08. The van der Waals surface area contributed by atoms with Gasteiger partial charge in [-0.25, -0.2) is 13.2 Å². The van der Waals surface area contributed by atoms with Crippen molar-refractivity contribution in [3.63, 3.8) is 0 Å². The van der Waals surface area contributed by atoms with Gasteiger partial charge in [-0.2, -0.15) is 0 Å². The van der Waals surface area contributed by atoms with Crippen LogP contribution < -0.4 is 9.62 Å². The van der Waals surface area contributed by atoms with Gasteiger partial charge in [0.2, 0.25) is 0 Å². The number of ether oxygens (including phenoxy) is 1. The minimum absolute atomic E-state index is 0.378. The van der Waals surface area contributed by atoms with Crippen LogP contribution in [0, 0.1) is 0 Å². The van der Waals surface area contributed by atoms with Crippen molar-refractivity contribution in [1.82, 2.24) is 0 Å². The molecule has 0 bridgehead atoms. The van der Waals surface area contributed by atoms with E-state index < -0.39 is 16.1 Å². The fraction of sp³-hybridized carbons (Fsp3) is 0.118. The molecular formula is C17H17ClN2O4S. The van der Waals surface area contributed by atoms with Gasteiger partial charge in [0, 0.05) is 23.4 Å². The lowest BCUT2D eigenvalue weighted by atomic mass is 10.2. The van der Waals surface area contributed by atoms with E-state index in [2.05, 4.69) is 9.46 Å². The van der Waals surface area contributed by atoms with Gasteiger partial charge in [-0.15, -0.1) is 0 Å². The van der Waals surface area contributed by atoms with Crippen molar-refractivity contribution in [1.29, 1.82) is 0 Å². The highest BCUT2D eigenvalue weighted by atomic mass is 35.5. The first kappa shape index (κ1) is 18.8. The molecule has 0 saturated heterocycles. The van der Waals surface area contributed by atoms with Crippen molar-refractivity contribution < 1.29 is 17.9 Å². The predicted octanol–water partition coefficient (Wildman–Crippen LogP) is 3.96. The van der Waals surface area contributed by atoms with E-state index >= 15 is 0 Å². The highest BCUT2D eigenvalue weighted by molar-refractivity contribution is 7.95. The Hall–Kier alpha value is -2.51. The maximum absolute atomic E-state index is 12.1. The van der Waals surface area contributed by atoms with Gasteiger partial charge in [0.25, 0.3) is 10.0 Å². The number of benzene rings is 2. The molecule has 2 aromatic carbocycles. The Kier molecular flexibility index (Phi) is 6.06. The molecular weight excluding hydrogens is 364 g/mol. The zero-order chi connectivity index (χ0) is 18.4. The predicted molar refractivity (Wildman–Crippen MR) is 100 cm³/mol. The van der Waals surface area contributed by atoms with E-state index in [0.717, 1.165) is 5.41 Å². The molecule has 0 fully saturated rings. The van der Waals surface area contributed by atoms with Gasteiger partial charge in [-0.1, -0.05) is 23.7 Å². The number of nitrogens with zero attached hydrogens (tertiary/aromatic N) is 1. The quantitative estimate of drug-likeness (QED) is 0.851. The number of halogens is 1. The molecule has 0 spiro atoms. The number of hydrogen-bond acceptors (Lipinski definition) is 4. The second kappa shape index (κ2) is 8.04. The van der Waals surface area contributed by atoms with Gasteiger partial charge in [-0.05, 0) is 48.0 Å². The Morgan fingerprint density at radius 1 is 1.12 bits per heavy atom. The van der Waals surface area contributed by atoms with Crippen LogP contribution in [0.2, 0.25) is 5.02 Å². The average Bonchev–Trinajstić information content (AvgIpc) is 2.60. The lowest BCUT2D eigenvalue weighted by Gasteiger charge is -2.15. The Morgan fingerprint density at radius 2 is 1.72 bits per heavy atom. The maximum atomic E-state index is 12.1. The normalized spacial score (nSPS) is 11.3.